The SMILES string of the molecule is Cc1ccc2oc(-c3nnc(Cl)o3)cc2c1. The van der Waals surface area contributed by atoms with E-state index in [0.29, 0.717) is 11.7 Å². The molecule has 0 bridgehead atoms. The molecule has 0 saturated heterocycles. The van der Waals surface area contributed by atoms with Crippen LogP contribution in [0.2, 0.25) is 5.35 Å². The first-order chi connectivity index (χ1) is 7.72. The molecule has 1 aromatic carbocycles. The van der Waals surface area contributed by atoms with E-state index in [1.54, 1.807) is 0 Å². The zero-order valence-electron chi connectivity index (χ0n) is 8.40. The number of hydrogen-bond donors (Lipinski definition) is 0. The third-order valence-electron chi connectivity index (χ3n) is 2.28. The van der Waals surface area contributed by atoms with Crippen LogP contribution in [-0.4, -0.2) is 10.2 Å². The zero-order valence-corrected chi connectivity index (χ0v) is 9.15. The lowest BCUT2D eigenvalue weighted by Crippen LogP contribution is -1.71. The summed E-state index contributed by atoms with van der Waals surface area (Å²) in [6.07, 6.45) is 0. The molecule has 0 saturated carbocycles. The minimum absolute atomic E-state index is 0.00615. The molecule has 3 rings (SSSR count). The fraction of sp³-hybridized carbons (Fsp3) is 0.0909. The Morgan fingerprint density at radius 3 is 2.75 bits per heavy atom. The summed E-state index contributed by atoms with van der Waals surface area (Å²) in [6.45, 7) is 2.02. The number of fused-ring (bicyclic) bond motifs is 1. The number of aromatic nitrogens is 2. The van der Waals surface area contributed by atoms with Gasteiger partial charge in [-0.2, -0.15) is 0 Å². The van der Waals surface area contributed by atoms with Gasteiger partial charge >= 0.3 is 5.35 Å². The summed E-state index contributed by atoms with van der Waals surface area (Å²) in [7, 11) is 0. The van der Waals surface area contributed by atoms with Gasteiger partial charge in [-0.3, -0.25) is 0 Å². The van der Waals surface area contributed by atoms with E-state index >= 15 is 0 Å². The van der Waals surface area contributed by atoms with Crippen molar-refractivity contribution in [3.05, 3.63) is 35.2 Å². The maximum absolute atomic E-state index is 5.57. The van der Waals surface area contributed by atoms with Crippen molar-refractivity contribution in [3.63, 3.8) is 0 Å². The van der Waals surface area contributed by atoms with Crippen LogP contribution < -0.4 is 0 Å². The zero-order chi connectivity index (χ0) is 11.1. The van der Waals surface area contributed by atoms with Gasteiger partial charge in [0.05, 0.1) is 0 Å². The predicted octanol–water partition coefficient (Wildman–Crippen LogP) is 3.44. The number of nitrogens with zero attached hydrogens (tertiary/aromatic N) is 2. The molecule has 0 spiro atoms. The van der Waals surface area contributed by atoms with Gasteiger partial charge in [-0.15, -0.1) is 5.10 Å². The summed E-state index contributed by atoms with van der Waals surface area (Å²) in [4.78, 5) is 0. The molecule has 0 N–H and O–H groups in total. The van der Waals surface area contributed by atoms with E-state index in [1.807, 2.05) is 31.2 Å². The summed E-state index contributed by atoms with van der Waals surface area (Å²) in [5, 5.41) is 8.34. The van der Waals surface area contributed by atoms with Crippen molar-refractivity contribution in [2.75, 3.05) is 0 Å². The van der Waals surface area contributed by atoms with Gasteiger partial charge in [0.2, 0.25) is 0 Å². The van der Waals surface area contributed by atoms with Gasteiger partial charge in [-0.1, -0.05) is 16.7 Å². The molecule has 0 atom stereocenters. The maximum atomic E-state index is 5.57. The van der Waals surface area contributed by atoms with Gasteiger partial charge in [-0.05, 0) is 36.7 Å². The van der Waals surface area contributed by atoms with E-state index in [9.17, 15) is 0 Å². The molecule has 4 nitrogen and oxygen atoms in total. The highest BCUT2D eigenvalue weighted by molar-refractivity contribution is 6.27. The minimum atomic E-state index is 0.00615. The number of benzene rings is 1. The second-order valence-corrected chi connectivity index (χ2v) is 3.84. The van der Waals surface area contributed by atoms with Crippen molar-refractivity contribution in [1.29, 1.82) is 0 Å². The highest BCUT2D eigenvalue weighted by atomic mass is 35.5. The van der Waals surface area contributed by atoms with Crippen LogP contribution in [0.4, 0.5) is 0 Å². The Morgan fingerprint density at radius 2 is 2.00 bits per heavy atom. The molecule has 0 aliphatic heterocycles. The van der Waals surface area contributed by atoms with Crippen LogP contribution in [0.25, 0.3) is 22.6 Å². The molecule has 0 fully saturated rings. The summed E-state index contributed by atoms with van der Waals surface area (Å²) in [6, 6.07) is 7.77. The number of furan rings is 1. The molecule has 0 aliphatic rings. The molecule has 0 amide bonds. The third kappa shape index (κ3) is 1.47. The number of hydrogen-bond acceptors (Lipinski definition) is 4. The van der Waals surface area contributed by atoms with Gasteiger partial charge in [0.1, 0.15) is 5.58 Å². The largest absolute Gasteiger partial charge is 0.451 e. The lowest BCUT2D eigenvalue weighted by molar-refractivity contribution is 0.533. The van der Waals surface area contributed by atoms with E-state index in [-0.39, 0.29) is 5.35 Å². The highest BCUT2D eigenvalue weighted by Crippen LogP contribution is 2.28. The van der Waals surface area contributed by atoms with Gasteiger partial charge in [0, 0.05) is 5.39 Å². The Bertz CT molecular complexity index is 657. The lowest BCUT2D eigenvalue weighted by Gasteiger charge is -1.89. The monoisotopic (exact) mass is 234 g/mol. The van der Waals surface area contributed by atoms with Gasteiger partial charge in [-0.25, -0.2) is 0 Å². The van der Waals surface area contributed by atoms with Crippen LogP contribution in [0.1, 0.15) is 5.56 Å². The van der Waals surface area contributed by atoms with Crippen LogP contribution >= 0.6 is 11.6 Å². The Kier molecular flexibility index (Phi) is 1.97. The highest BCUT2D eigenvalue weighted by Gasteiger charge is 2.12. The van der Waals surface area contributed by atoms with Crippen molar-refractivity contribution in [1.82, 2.24) is 10.2 Å². The molecule has 0 aliphatic carbocycles. The van der Waals surface area contributed by atoms with Crippen LogP contribution in [0.15, 0.2) is 33.1 Å². The predicted molar refractivity (Wildman–Crippen MR) is 59.3 cm³/mol. The third-order valence-corrected chi connectivity index (χ3v) is 2.44. The maximum Gasteiger partial charge on any atom is 0.313 e. The number of halogens is 1. The minimum Gasteiger partial charge on any atom is -0.451 e. The fourth-order valence-corrected chi connectivity index (χ4v) is 1.68. The molecular weight excluding hydrogens is 228 g/mol. The van der Waals surface area contributed by atoms with E-state index in [0.717, 1.165) is 11.0 Å². The molecule has 16 heavy (non-hydrogen) atoms. The Balaban J connectivity index is 2.18. The topological polar surface area (TPSA) is 52.1 Å². The van der Waals surface area contributed by atoms with Crippen molar-refractivity contribution in [3.8, 4) is 11.7 Å². The van der Waals surface area contributed by atoms with Gasteiger partial charge in [0.25, 0.3) is 5.89 Å². The van der Waals surface area contributed by atoms with E-state index in [1.165, 1.54) is 5.56 Å². The standard InChI is InChI=1S/C11H7ClN2O2/c1-6-2-3-8-7(4-6)5-9(15-8)10-13-14-11(12)16-10/h2-5H,1H3. The van der Waals surface area contributed by atoms with E-state index < -0.39 is 0 Å². The fourth-order valence-electron chi connectivity index (χ4n) is 1.57. The summed E-state index contributed by atoms with van der Waals surface area (Å²) in [5.74, 6) is 0.818. The van der Waals surface area contributed by atoms with Gasteiger partial charge in [0.15, 0.2) is 5.76 Å². The molecule has 0 unspecified atom stereocenters. The average Bonchev–Trinajstić information content (AvgIpc) is 2.83. The summed E-state index contributed by atoms with van der Waals surface area (Å²) < 4.78 is 10.6. The second-order valence-electron chi connectivity index (χ2n) is 3.51. The number of rotatable bonds is 1. The van der Waals surface area contributed by atoms with Crippen molar-refractivity contribution in [2.45, 2.75) is 6.92 Å². The van der Waals surface area contributed by atoms with E-state index in [4.69, 9.17) is 20.4 Å². The first kappa shape index (κ1) is 9.42. The van der Waals surface area contributed by atoms with Crippen LogP contribution in [-0.2, 0) is 0 Å². The molecule has 3 aromatic rings. The first-order valence-electron chi connectivity index (χ1n) is 4.72. The second kappa shape index (κ2) is 3.35. The molecule has 2 heterocycles. The normalized spacial score (nSPS) is 11.1. The average molecular weight is 235 g/mol. The quantitative estimate of drug-likeness (QED) is 0.647. The smallest absolute Gasteiger partial charge is 0.313 e. The Hall–Kier alpha value is -1.81. The van der Waals surface area contributed by atoms with Gasteiger partial charge < -0.3 is 8.83 Å². The molecule has 0 radical (unpaired) electrons. The molecular formula is C11H7ClN2O2. The molecule has 80 valence electrons. The summed E-state index contributed by atoms with van der Waals surface area (Å²) in [5.41, 5.74) is 1.96. The van der Waals surface area contributed by atoms with Crippen molar-refractivity contribution < 1.29 is 8.83 Å². The lowest BCUT2D eigenvalue weighted by atomic mass is 10.2. The van der Waals surface area contributed by atoms with Crippen molar-refractivity contribution in [2.24, 2.45) is 0 Å². The summed E-state index contributed by atoms with van der Waals surface area (Å²) >= 11 is 5.55. The Morgan fingerprint density at radius 1 is 1.12 bits per heavy atom. The van der Waals surface area contributed by atoms with E-state index in [2.05, 4.69) is 10.2 Å². The Labute approximate surface area is 95.8 Å². The van der Waals surface area contributed by atoms with Crippen LogP contribution in [0.5, 0.6) is 0 Å². The van der Waals surface area contributed by atoms with Crippen molar-refractivity contribution >= 4 is 22.6 Å². The van der Waals surface area contributed by atoms with Crippen LogP contribution in [0.3, 0.4) is 0 Å². The number of aryl methyl sites for hydroxylation is 1. The molecule has 5 heteroatoms. The first-order valence-corrected chi connectivity index (χ1v) is 5.10. The van der Waals surface area contributed by atoms with Crippen LogP contribution in [0, 0.1) is 6.92 Å². The molecule has 2 aromatic heterocycles.